The number of carbonyl (C=O) groups is 1. The summed E-state index contributed by atoms with van der Waals surface area (Å²) in [5.74, 6) is 0.0771. The smallest absolute Gasteiger partial charge is 0.246 e. The zero-order chi connectivity index (χ0) is 13.4. The van der Waals surface area contributed by atoms with Crippen LogP contribution in [0, 0.1) is 0 Å². The summed E-state index contributed by atoms with van der Waals surface area (Å²) in [6.07, 6.45) is 0.796. The number of morpholine rings is 1. The standard InChI is InChI=1S/C14H17ClN2O2.ClH/c1-9-13(16-5-7-19-9)14(18)17-6-4-10-2-3-11(15)8-12(10)17;/h2-3,8-9,13,16H,4-7H2,1H3;1H/t9-,13+;/m1./s1. The molecule has 2 heterocycles. The summed E-state index contributed by atoms with van der Waals surface area (Å²) in [7, 11) is 0. The molecule has 1 saturated heterocycles. The minimum Gasteiger partial charge on any atom is -0.375 e. The van der Waals surface area contributed by atoms with Gasteiger partial charge in [-0.05, 0) is 31.0 Å². The van der Waals surface area contributed by atoms with Crippen molar-refractivity contribution in [3.8, 4) is 0 Å². The van der Waals surface area contributed by atoms with Crippen molar-refractivity contribution in [3.05, 3.63) is 28.8 Å². The van der Waals surface area contributed by atoms with Gasteiger partial charge in [0.2, 0.25) is 5.91 Å². The third-order valence-corrected chi connectivity index (χ3v) is 4.03. The molecule has 0 radical (unpaired) electrons. The van der Waals surface area contributed by atoms with E-state index in [1.807, 2.05) is 30.0 Å². The van der Waals surface area contributed by atoms with Gasteiger partial charge in [-0.3, -0.25) is 4.79 Å². The highest BCUT2D eigenvalue weighted by atomic mass is 35.5. The lowest BCUT2D eigenvalue weighted by Crippen LogP contribution is -2.56. The molecule has 1 aromatic rings. The molecule has 3 rings (SSSR count). The van der Waals surface area contributed by atoms with Crippen LogP contribution in [0.15, 0.2) is 18.2 Å². The highest BCUT2D eigenvalue weighted by Gasteiger charge is 2.35. The third-order valence-electron chi connectivity index (χ3n) is 3.79. The fraction of sp³-hybridized carbons (Fsp3) is 0.500. The number of nitrogens with one attached hydrogen (secondary N) is 1. The summed E-state index contributed by atoms with van der Waals surface area (Å²) in [4.78, 5) is 14.4. The minimum absolute atomic E-state index is 0. The SMILES string of the molecule is C[C@H]1OCCN[C@@H]1C(=O)N1CCc2ccc(Cl)cc21.Cl. The molecule has 0 spiro atoms. The van der Waals surface area contributed by atoms with Crippen molar-refractivity contribution in [1.82, 2.24) is 5.32 Å². The predicted octanol–water partition coefficient (Wildman–Crippen LogP) is 2.03. The molecule has 6 heteroatoms. The van der Waals surface area contributed by atoms with Crippen LogP contribution in [0.2, 0.25) is 5.02 Å². The molecular weight excluding hydrogens is 299 g/mol. The average molecular weight is 317 g/mol. The Hall–Kier alpha value is -0.810. The van der Waals surface area contributed by atoms with Crippen LogP contribution in [0.25, 0.3) is 0 Å². The van der Waals surface area contributed by atoms with Crippen LogP contribution in [0.4, 0.5) is 5.69 Å². The van der Waals surface area contributed by atoms with E-state index in [4.69, 9.17) is 16.3 Å². The number of hydrogen-bond acceptors (Lipinski definition) is 3. The van der Waals surface area contributed by atoms with Crippen molar-refractivity contribution >= 4 is 35.6 Å². The molecule has 0 aliphatic carbocycles. The number of fused-ring (bicyclic) bond motifs is 1. The van der Waals surface area contributed by atoms with Crippen molar-refractivity contribution in [2.24, 2.45) is 0 Å². The molecule has 4 nitrogen and oxygen atoms in total. The van der Waals surface area contributed by atoms with Crippen LogP contribution in [0.5, 0.6) is 0 Å². The highest BCUT2D eigenvalue weighted by Crippen LogP contribution is 2.31. The molecule has 1 amide bonds. The predicted molar refractivity (Wildman–Crippen MR) is 82.0 cm³/mol. The summed E-state index contributed by atoms with van der Waals surface area (Å²) in [5, 5.41) is 3.91. The second-order valence-electron chi connectivity index (χ2n) is 5.02. The molecule has 2 aliphatic rings. The Kier molecular flexibility index (Phi) is 4.91. The maximum absolute atomic E-state index is 12.6. The van der Waals surface area contributed by atoms with Gasteiger partial charge in [-0.15, -0.1) is 12.4 Å². The number of hydrogen-bond donors (Lipinski definition) is 1. The van der Waals surface area contributed by atoms with Gasteiger partial charge in [-0.2, -0.15) is 0 Å². The van der Waals surface area contributed by atoms with Crippen LogP contribution in [-0.4, -0.2) is 37.7 Å². The summed E-state index contributed by atoms with van der Waals surface area (Å²) in [5.41, 5.74) is 2.12. The summed E-state index contributed by atoms with van der Waals surface area (Å²) >= 11 is 6.03. The van der Waals surface area contributed by atoms with Gasteiger partial charge in [0.15, 0.2) is 0 Å². The lowest BCUT2D eigenvalue weighted by molar-refractivity contribution is -0.126. The van der Waals surface area contributed by atoms with E-state index >= 15 is 0 Å². The van der Waals surface area contributed by atoms with E-state index in [0.717, 1.165) is 25.2 Å². The van der Waals surface area contributed by atoms with E-state index in [-0.39, 0.29) is 30.5 Å². The molecule has 0 bridgehead atoms. The monoisotopic (exact) mass is 316 g/mol. The van der Waals surface area contributed by atoms with Crippen LogP contribution < -0.4 is 10.2 Å². The quantitative estimate of drug-likeness (QED) is 0.862. The van der Waals surface area contributed by atoms with Gasteiger partial charge in [0.25, 0.3) is 0 Å². The number of nitrogens with zero attached hydrogens (tertiary/aromatic N) is 1. The number of halogens is 2. The Labute approximate surface area is 129 Å². The molecule has 20 heavy (non-hydrogen) atoms. The van der Waals surface area contributed by atoms with Crippen molar-refractivity contribution in [1.29, 1.82) is 0 Å². The number of rotatable bonds is 1. The maximum Gasteiger partial charge on any atom is 0.246 e. The van der Waals surface area contributed by atoms with Gasteiger partial charge < -0.3 is 15.0 Å². The molecule has 0 unspecified atom stereocenters. The number of carbonyl (C=O) groups excluding carboxylic acids is 1. The Balaban J connectivity index is 0.00000147. The van der Waals surface area contributed by atoms with Gasteiger partial charge >= 0.3 is 0 Å². The molecular formula is C14H18Cl2N2O2. The Morgan fingerprint density at radius 1 is 1.50 bits per heavy atom. The zero-order valence-corrected chi connectivity index (χ0v) is 12.8. The third kappa shape index (κ3) is 2.79. The van der Waals surface area contributed by atoms with E-state index in [1.165, 1.54) is 5.56 Å². The lowest BCUT2D eigenvalue weighted by Gasteiger charge is -2.32. The van der Waals surface area contributed by atoms with E-state index in [1.54, 1.807) is 0 Å². The maximum atomic E-state index is 12.6. The first-order chi connectivity index (χ1) is 9.16. The molecule has 1 fully saturated rings. The van der Waals surface area contributed by atoms with E-state index in [2.05, 4.69) is 5.32 Å². The lowest BCUT2D eigenvalue weighted by atomic mass is 10.1. The summed E-state index contributed by atoms with van der Waals surface area (Å²) < 4.78 is 5.55. The van der Waals surface area contributed by atoms with Crippen molar-refractivity contribution in [2.45, 2.75) is 25.5 Å². The Morgan fingerprint density at radius 3 is 3.05 bits per heavy atom. The van der Waals surface area contributed by atoms with Gasteiger partial charge in [0, 0.05) is 23.8 Å². The Bertz CT molecular complexity index is 510. The molecule has 0 saturated carbocycles. The largest absolute Gasteiger partial charge is 0.375 e. The summed E-state index contributed by atoms with van der Waals surface area (Å²) in [6, 6.07) is 5.48. The van der Waals surface area contributed by atoms with E-state index in [9.17, 15) is 4.79 Å². The van der Waals surface area contributed by atoms with Gasteiger partial charge in [-0.1, -0.05) is 17.7 Å². The highest BCUT2D eigenvalue weighted by molar-refractivity contribution is 6.31. The molecule has 1 aromatic carbocycles. The molecule has 1 N–H and O–H groups in total. The first-order valence-electron chi connectivity index (χ1n) is 6.61. The van der Waals surface area contributed by atoms with Gasteiger partial charge in [0.1, 0.15) is 6.04 Å². The molecule has 2 aliphatic heterocycles. The number of benzene rings is 1. The molecule has 110 valence electrons. The second-order valence-corrected chi connectivity index (χ2v) is 5.46. The van der Waals surface area contributed by atoms with Crippen LogP contribution in [0.3, 0.4) is 0 Å². The topological polar surface area (TPSA) is 41.6 Å². The normalized spacial score (nSPS) is 25.0. The van der Waals surface area contributed by atoms with Gasteiger partial charge in [0.05, 0.1) is 12.7 Å². The molecule has 2 atom stereocenters. The minimum atomic E-state index is -0.265. The van der Waals surface area contributed by atoms with E-state index < -0.39 is 0 Å². The molecule has 0 aromatic heterocycles. The first kappa shape index (κ1) is 15.6. The fourth-order valence-corrected chi connectivity index (χ4v) is 2.93. The first-order valence-corrected chi connectivity index (χ1v) is 6.99. The van der Waals surface area contributed by atoms with Crippen LogP contribution in [-0.2, 0) is 16.0 Å². The van der Waals surface area contributed by atoms with Crippen molar-refractivity contribution in [2.75, 3.05) is 24.6 Å². The number of anilines is 1. The average Bonchev–Trinajstić information content (AvgIpc) is 2.81. The van der Waals surface area contributed by atoms with Crippen LogP contribution in [0.1, 0.15) is 12.5 Å². The summed E-state index contributed by atoms with van der Waals surface area (Å²) in [6.45, 7) is 4.04. The fourth-order valence-electron chi connectivity index (χ4n) is 2.76. The number of ether oxygens (including phenoxy) is 1. The van der Waals surface area contributed by atoms with Crippen molar-refractivity contribution < 1.29 is 9.53 Å². The zero-order valence-electron chi connectivity index (χ0n) is 11.3. The van der Waals surface area contributed by atoms with Gasteiger partial charge in [-0.25, -0.2) is 0 Å². The van der Waals surface area contributed by atoms with Crippen LogP contribution >= 0.6 is 24.0 Å². The number of amides is 1. The van der Waals surface area contributed by atoms with Crippen molar-refractivity contribution in [3.63, 3.8) is 0 Å². The van der Waals surface area contributed by atoms with E-state index in [0.29, 0.717) is 11.6 Å². The second kappa shape index (κ2) is 6.31. The Morgan fingerprint density at radius 2 is 2.30 bits per heavy atom.